The van der Waals surface area contributed by atoms with Crippen LogP contribution in [0.15, 0.2) is 41.0 Å². The molecule has 2 aromatic rings. The minimum atomic E-state index is -4.61. The Kier molecular flexibility index (Phi) is 4.99. The highest BCUT2D eigenvalue weighted by Gasteiger charge is 2.31. The summed E-state index contributed by atoms with van der Waals surface area (Å²) in [4.78, 5) is 11.6. The first-order chi connectivity index (χ1) is 10.8. The van der Waals surface area contributed by atoms with Gasteiger partial charge in [0.15, 0.2) is 10.9 Å². The molecule has 0 saturated heterocycles. The number of rotatable bonds is 3. The molecular weight excluding hydrogens is 336 g/mol. The van der Waals surface area contributed by atoms with Crippen LogP contribution in [0, 0.1) is 5.82 Å². The van der Waals surface area contributed by atoms with Crippen molar-refractivity contribution in [1.82, 2.24) is 10.6 Å². The van der Waals surface area contributed by atoms with E-state index in [2.05, 4.69) is 10.6 Å². The maximum absolute atomic E-state index is 13.6. The Morgan fingerprint density at radius 2 is 2.00 bits per heavy atom. The number of thiocarbonyl (C=S) groups is 1. The summed E-state index contributed by atoms with van der Waals surface area (Å²) in [7, 11) is 0. The summed E-state index contributed by atoms with van der Waals surface area (Å²) in [6, 6.07) is 5.12. The number of furan rings is 1. The largest absolute Gasteiger partial charge is 0.459 e. The predicted octanol–water partition coefficient (Wildman–Crippen LogP) is 3.24. The fraction of sp³-hybridized carbons (Fsp3) is 0.143. The van der Waals surface area contributed by atoms with Crippen LogP contribution >= 0.6 is 12.2 Å². The van der Waals surface area contributed by atoms with E-state index in [1.54, 1.807) is 0 Å². The molecule has 4 nitrogen and oxygen atoms in total. The summed E-state index contributed by atoms with van der Waals surface area (Å²) in [5.74, 6) is -1.58. The molecule has 1 heterocycles. The molecule has 0 aliphatic rings. The number of amides is 1. The monoisotopic (exact) mass is 346 g/mol. The van der Waals surface area contributed by atoms with Gasteiger partial charge < -0.3 is 9.73 Å². The first kappa shape index (κ1) is 16.9. The minimum absolute atomic E-state index is 0.0207. The van der Waals surface area contributed by atoms with E-state index in [0.717, 1.165) is 12.1 Å². The third-order valence-corrected chi connectivity index (χ3v) is 3.04. The molecule has 1 amide bonds. The third-order valence-electron chi connectivity index (χ3n) is 2.79. The quantitative estimate of drug-likeness (QED) is 0.662. The molecule has 23 heavy (non-hydrogen) atoms. The van der Waals surface area contributed by atoms with E-state index in [-0.39, 0.29) is 23.0 Å². The van der Waals surface area contributed by atoms with Crippen molar-refractivity contribution in [2.45, 2.75) is 12.7 Å². The van der Waals surface area contributed by atoms with Crippen molar-refractivity contribution in [3.05, 3.63) is 59.3 Å². The number of halogens is 4. The van der Waals surface area contributed by atoms with Crippen molar-refractivity contribution in [1.29, 1.82) is 0 Å². The molecule has 0 spiro atoms. The first-order valence-corrected chi connectivity index (χ1v) is 6.66. The van der Waals surface area contributed by atoms with Crippen LogP contribution in [-0.2, 0) is 12.7 Å². The molecule has 1 aromatic carbocycles. The van der Waals surface area contributed by atoms with Gasteiger partial charge in [-0.3, -0.25) is 10.1 Å². The number of hydrogen-bond donors (Lipinski definition) is 2. The van der Waals surface area contributed by atoms with Crippen molar-refractivity contribution < 1.29 is 26.8 Å². The number of hydrogen-bond acceptors (Lipinski definition) is 3. The van der Waals surface area contributed by atoms with E-state index >= 15 is 0 Å². The number of alkyl halides is 3. The highest BCUT2D eigenvalue weighted by atomic mass is 32.1. The predicted molar refractivity (Wildman–Crippen MR) is 77.0 cm³/mol. The molecule has 0 saturated carbocycles. The molecular formula is C14H10F4N2O2S. The van der Waals surface area contributed by atoms with Gasteiger partial charge in [0.1, 0.15) is 5.82 Å². The van der Waals surface area contributed by atoms with E-state index < -0.39 is 23.5 Å². The molecule has 2 rings (SSSR count). The molecule has 0 aliphatic carbocycles. The summed E-state index contributed by atoms with van der Waals surface area (Å²) >= 11 is 4.84. The lowest BCUT2D eigenvalue weighted by Gasteiger charge is -2.11. The Labute approximate surface area is 133 Å². The van der Waals surface area contributed by atoms with Gasteiger partial charge in [0.25, 0.3) is 5.91 Å². The Morgan fingerprint density at radius 1 is 1.26 bits per heavy atom. The fourth-order valence-corrected chi connectivity index (χ4v) is 1.82. The zero-order valence-electron chi connectivity index (χ0n) is 11.4. The highest BCUT2D eigenvalue weighted by Crippen LogP contribution is 2.30. The smallest absolute Gasteiger partial charge is 0.416 e. The van der Waals surface area contributed by atoms with Crippen molar-refractivity contribution in [2.75, 3.05) is 0 Å². The molecule has 122 valence electrons. The zero-order valence-corrected chi connectivity index (χ0v) is 12.2. The Morgan fingerprint density at radius 3 is 2.57 bits per heavy atom. The lowest BCUT2D eigenvalue weighted by Crippen LogP contribution is -2.38. The molecule has 2 N–H and O–H groups in total. The third kappa shape index (κ3) is 4.52. The van der Waals surface area contributed by atoms with Crippen LogP contribution in [0.4, 0.5) is 17.6 Å². The van der Waals surface area contributed by atoms with Crippen molar-refractivity contribution in [2.24, 2.45) is 0 Å². The van der Waals surface area contributed by atoms with Crippen LogP contribution in [-0.4, -0.2) is 11.0 Å². The van der Waals surface area contributed by atoms with Gasteiger partial charge >= 0.3 is 6.18 Å². The van der Waals surface area contributed by atoms with Crippen molar-refractivity contribution >= 4 is 23.2 Å². The van der Waals surface area contributed by atoms with E-state index in [4.69, 9.17) is 16.6 Å². The van der Waals surface area contributed by atoms with Crippen molar-refractivity contribution in [3.8, 4) is 0 Å². The highest BCUT2D eigenvalue weighted by molar-refractivity contribution is 7.80. The number of benzene rings is 1. The second kappa shape index (κ2) is 6.78. The van der Waals surface area contributed by atoms with E-state index in [9.17, 15) is 22.4 Å². The summed E-state index contributed by atoms with van der Waals surface area (Å²) < 4.78 is 55.8. The van der Waals surface area contributed by atoms with Gasteiger partial charge in [0, 0.05) is 12.1 Å². The summed E-state index contributed by atoms with van der Waals surface area (Å²) in [5.41, 5.74) is -1.10. The van der Waals surface area contributed by atoms with E-state index in [0.29, 0.717) is 6.07 Å². The maximum atomic E-state index is 13.6. The molecule has 0 fully saturated rings. The zero-order chi connectivity index (χ0) is 17.0. The minimum Gasteiger partial charge on any atom is -0.459 e. The second-order valence-electron chi connectivity index (χ2n) is 4.42. The SMILES string of the molecule is O=C(NC(=S)NCc1ccc(C(F)(F)F)cc1F)c1ccco1. The Hall–Kier alpha value is -2.42. The topological polar surface area (TPSA) is 54.3 Å². The normalized spacial score (nSPS) is 11.1. The molecule has 0 bridgehead atoms. The van der Waals surface area contributed by atoms with E-state index in [1.165, 1.54) is 18.4 Å². The molecule has 1 aromatic heterocycles. The van der Waals surface area contributed by atoms with Gasteiger partial charge in [-0.1, -0.05) is 6.07 Å². The lowest BCUT2D eigenvalue weighted by atomic mass is 10.1. The van der Waals surface area contributed by atoms with Crippen LogP contribution < -0.4 is 10.6 Å². The van der Waals surface area contributed by atoms with Gasteiger partial charge in [-0.2, -0.15) is 13.2 Å². The van der Waals surface area contributed by atoms with Gasteiger partial charge in [-0.15, -0.1) is 0 Å². The molecule has 0 unspecified atom stereocenters. The van der Waals surface area contributed by atoms with Gasteiger partial charge in [0.2, 0.25) is 0 Å². The number of nitrogens with one attached hydrogen (secondary N) is 2. The Balaban J connectivity index is 1.93. The average molecular weight is 346 g/mol. The molecule has 0 aliphatic heterocycles. The number of carbonyl (C=O) groups is 1. The molecule has 9 heteroatoms. The lowest BCUT2D eigenvalue weighted by molar-refractivity contribution is -0.137. The van der Waals surface area contributed by atoms with Crippen LogP contribution in [0.2, 0.25) is 0 Å². The summed E-state index contributed by atoms with van der Waals surface area (Å²) in [6.45, 7) is -0.179. The van der Waals surface area contributed by atoms with Crippen molar-refractivity contribution in [3.63, 3.8) is 0 Å². The Bertz CT molecular complexity index is 714. The standard InChI is InChI=1S/C14H10F4N2O2S/c15-10-6-9(14(16,17)18)4-3-8(10)7-19-13(23)20-12(21)11-2-1-5-22-11/h1-6H,7H2,(H2,19,20,21,23). The van der Waals surface area contributed by atoms with Crippen LogP contribution in [0.3, 0.4) is 0 Å². The first-order valence-electron chi connectivity index (χ1n) is 6.25. The van der Waals surface area contributed by atoms with Crippen LogP contribution in [0.5, 0.6) is 0 Å². The van der Waals surface area contributed by atoms with Gasteiger partial charge in [-0.25, -0.2) is 4.39 Å². The van der Waals surface area contributed by atoms with Crippen LogP contribution in [0.25, 0.3) is 0 Å². The fourth-order valence-electron chi connectivity index (χ4n) is 1.66. The average Bonchev–Trinajstić information content (AvgIpc) is 2.99. The number of carbonyl (C=O) groups excluding carboxylic acids is 1. The van der Waals surface area contributed by atoms with Crippen LogP contribution in [0.1, 0.15) is 21.7 Å². The van der Waals surface area contributed by atoms with Gasteiger partial charge in [0.05, 0.1) is 11.8 Å². The summed E-state index contributed by atoms with van der Waals surface area (Å²) in [5, 5.41) is 4.71. The maximum Gasteiger partial charge on any atom is 0.416 e. The molecule has 0 atom stereocenters. The molecule has 0 radical (unpaired) electrons. The summed E-state index contributed by atoms with van der Waals surface area (Å²) in [6.07, 6.45) is -3.30. The second-order valence-corrected chi connectivity index (χ2v) is 4.83. The van der Waals surface area contributed by atoms with E-state index in [1.807, 2.05) is 0 Å². The van der Waals surface area contributed by atoms with Gasteiger partial charge in [-0.05, 0) is 36.5 Å².